The van der Waals surface area contributed by atoms with Gasteiger partial charge in [0.25, 0.3) is 0 Å². The molecule has 1 aromatic heterocycles. The second-order valence-corrected chi connectivity index (χ2v) is 5.52. The molecule has 2 aromatic carbocycles. The van der Waals surface area contributed by atoms with Crippen LogP contribution in [0.5, 0.6) is 5.75 Å². The minimum atomic E-state index is -0.615. The molecule has 0 saturated carbocycles. The summed E-state index contributed by atoms with van der Waals surface area (Å²) in [5, 5.41) is 11.1. The monoisotopic (exact) mass is 348 g/mol. The van der Waals surface area contributed by atoms with E-state index in [1.54, 1.807) is 24.3 Å². The fraction of sp³-hybridized carbons (Fsp3) is 0.158. The van der Waals surface area contributed by atoms with E-state index >= 15 is 0 Å². The van der Waals surface area contributed by atoms with Crippen molar-refractivity contribution in [3.8, 4) is 5.75 Å². The van der Waals surface area contributed by atoms with Crippen LogP contribution in [0.2, 0.25) is 0 Å². The summed E-state index contributed by atoms with van der Waals surface area (Å²) < 4.78 is 5.33. The van der Waals surface area contributed by atoms with Gasteiger partial charge in [0.1, 0.15) is 17.1 Å². The van der Waals surface area contributed by atoms with E-state index in [4.69, 9.17) is 4.42 Å². The standard InChI is InChI=1S/C19H16O4.Ca/c1-12(20)11-15(13-7-3-2-4-8-13)17-18(21)14-9-5-6-10-16(14)23-19(17)22;/h2-10,15,21H,11H2,1H3;/q;+2. The molecule has 0 aliphatic carbocycles. The number of ketones is 1. The van der Waals surface area contributed by atoms with Gasteiger partial charge in [0.2, 0.25) is 0 Å². The number of fused-ring (bicyclic) bond motifs is 1. The average molecular weight is 348 g/mol. The van der Waals surface area contributed by atoms with Gasteiger partial charge in [0.05, 0.1) is 10.9 Å². The zero-order valence-electron chi connectivity index (χ0n) is 13.4. The summed E-state index contributed by atoms with van der Waals surface area (Å²) in [5.41, 5.74) is 0.635. The molecular formula is C19H16CaO4+2. The molecule has 3 rings (SSSR count). The van der Waals surface area contributed by atoms with Crippen molar-refractivity contribution in [1.82, 2.24) is 0 Å². The fourth-order valence-corrected chi connectivity index (χ4v) is 2.81. The summed E-state index contributed by atoms with van der Waals surface area (Å²) in [6.07, 6.45) is 0.126. The van der Waals surface area contributed by atoms with Crippen molar-refractivity contribution < 1.29 is 14.3 Å². The molecule has 0 bridgehead atoms. The summed E-state index contributed by atoms with van der Waals surface area (Å²) >= 11 is 0. The summed E-state index contributed by atoms with van der Waals surface area (Å²) in [7, 11) is 0. The number of rotatable bonds is 4. The van der Waals surface area contributed by atoms with Gasteiger partial charge < -0.3 is 9.52 Å². The molecule has 3 aromatic rings. The number of hydrogen-bond acceptors (Lipinski definition) is 4. The van der Waals surface area contributed by atoms with Gasteiger partial charge in [-0.15, -0.1) is 0 Å². The van der Waals surface area contributed by atoms with Crippen LogP contribution in [0.15, 0.2) is 63.8 Å². The first kappa shape index (κ1) is 18.7. The van der Waals surface area contributed by atoms with Crippen LogP contribution in [0.4, 0.5) is 0 Å². The average Bonchev–Trinajstić information content (AvgIpc) is 2.54. The Morgan fingerprint density at radius 3 is 2.38 bits per heavy atom. The first-order valence-electron chi connectivity index (χ1n) is 7.37. The predicted octanol–water partition coefficient (Wildman–Crippen LogP) is 3.23. The Kier molecular flexibility index (Phi) is 6.21. The minimum Gasteiger partial charge on any atom is -0.507 e. The van der Waals surface area contributed by atoms with Gasteiger partial charge in [-0.05, 0) is 24.6 Å². The predicted molar refractivity (Wildman–Crippen MR) is 93.5 cm³/mol. The first-order valence-corrected chi connectivity index (χ1v) is 7.37. The zero-order chi connectivity index (χ0) is 16.4. The molecule has 116 valence electrons. The Hall–Kier alpha value is -1.62. The van der Waals surface area contributed by atoms with Gasteiger partial charge in [-0.25, -0.2) is 4.79 Å². The van der Waals surface area contributed by atoms with E-state index in [2.05, 4.69) is 0 Å². The van der Waals surface area contributed by atoms with Crippen LogP contribution in [0.1, 0.15) is 30.4 Å². The van der Waals surface area contributed by atoms with Gasteiger partial charge in [-0.3, -0.25) is 4.79 Å². The molecule has 1 atom stereocenters. The van der Waals surface area contributed by atoms with E-state index in [9.17, 15) is 14.7 Å². The van der Waals surface area contributed by atoms with Crippen LogP contribution >= 0.6 is 0 Å². The molecule has 0 radical (unpaired) electrons. The van der Waals surface area contributed by atoms with Crippen LogP contribution in [0.3, 0.4) is 0 Å². The molecule has 1 heterocycles. The normalized spacial score (nSPS) is 11.7. The van der Waals surface area contributed by atoms with Crippen LogP contribution in [0, 0.1) is 0 Å². The van der Waals surface area contributed by atoms with Gasteiger partial charge in [-0.2, -0.15) is 0 Å². The van der Waals surface area contributed by atoms with E-state index in [-0.39, 0.29) is 61.3 Å². The van der Waals surface area contributed by atoms with E-state index in [0.29, 0.717) is 11.0 Å². The van der Waals surface area contributed by atoms with E-state index in [0.717, 1.165) is 5.56 Å². The Morgan fingerprint density at radius 2 is 1.71 bits per heavy atom. The molecule has 4 nitrogen and oxygen atoms in total. The van der Waals surface area contributed by atoms with Gasteiger partial charge in [-0.1, -0.05) is 42.5 Å². The van der Waals surface area contributed by atoms with Crippen molar-refractivity contribution in [3.63, 3.8) is 0 Å². The molecule has 24 heavy (non-hydrogen) atoms. The molecule has 1 unspecified atom stereocenters. The maximum atomic E-state index is 12.4. The van der Waals surface area contributed by atoms with E-state index in [1.165, 1.54) is 6.92 Å². The van der Waals surface area contributed by atoms with E-state index in [1.807, 2.05) is 30.3 Å². The summed E-state index contributed by atoms with van der Waals surface area (Å²) in [6, 6.07) is 16.0. The van der Waals surface area contributed by atoms with Crippen molar-refractivity contribution in [2.45, 2.75) is 19.3 Å². The summed E-state index contributed by atoms with van der Waals surface area (Å²) in [6.45, 7) is 1.47. The quantitative estimate of drug-likeness (QED) is 0.581. The number of hydrogen-bond donors (Lipinski definition) is 1. The van der Waals surface area contributed by atoms with E-state index < -0.39 is 11.5 Å². The minimum absolute atomic E-state index is 0. The van der Waals surface area contributed by atoms with Crippen molar-refractivity contribution in [1.29, 1.82) is 0 Å². The maximum absolute atomic E-state index is 12.4. The molecule has 0 amide bonds. The van der Waals surface area contributed by atoms with Crippen molar-refractivity contribution in [2.24, 2.45) is 0 Å². The Morgan fingerprint density at radius 1 is 1.08 bits per heavy atom. The van der Waals surface area contributed by atoms with Crippen LogP contribution in [0.25, 0.3) is 11.0 Å². The molecule has 0 aliphatic heterocycles. The smallest absolute Gasteiger partial charge is 0.507 e. The number of carbonyl (C=O) groups is 1. The molecule has 1 N–H and O–H groups in total. The Labute approximate surface area is 169 Å². The molecule has 0 spiro atoms. The van der Waals surface area contributed by atoms with Crippen molar-refractivity contribution >= 4 is 54.5 Å². The topological polar surface area (TPSA) is 67.5 Å². The zero-order valence-corrected chi connectivity index (χ0v) is 15.6. The third-order valence-corrected chi connectivity index (χ3v) is 3.86. The number of carbonyl (C=O) groups excluding carboxylic acids is 1. The Balaban J connectivity index is 0.00000208. The van der Waals surface area contributed by atoms with Gasteiger partial charge in [0, 0.05) is 12.3 Å². The summed E-state index contributed by atoms with van der Waals surface area (Å²) in [5.74, 6) is -0.715. The largest absolute Gasteiger partial charge is 2.00 e. The number of aromatic hydroxyl groups is 1. The molecule has 5 heteroatoms. The third kappa shape index (κ3) is 3.72. The molecule has 0 aliphatic rings. The first-order chi connectivity index (χ1) is 11.1. The SMILES string of the molecule is CC(=O)CC(c1ccccc1)c1c(O)c2ccccc2oc1=O.[Ca+2]. The fourth-order valence-electron chi connectivity index (χ4n) is 2.81. The maximum Gasteiger partial charge on any atom is 2.00 e. The van der Waals surface area contributed by atoms with Crippen LogP contribution in [-0.2, 0) is 4.79 Å². The van der Waals surface area contributed by atoms with Gasteiger partial charge in [0.15, 0.2) is 0 Å². The summed E-state index contributed by atoms with van der Waals surface area (Å²) in [4.78, 5) is 24.1. The molecule has 0 fully saturated rings. The Bertz CT molecular complexity index is 916. The second-order valence-electron chi connectivity index (χ2n) is 5.52. The third-order valence-electron chi connectivity index (χ3n) is 3.86. The van der Waals surface area contributed by atoms with Crippen molar-refractivity contribution in [3.05, 3.63) is 76.1 Å². The number of para-hydroxylation sites is 1. The second kappa shape index (κ2) is 7.97. The van der Waals surface area contributed by atoms with Crippen molar-refractivity contribution in [2.75, 3.05) is 0 Å². The van der Waals surface area contributed by atoms with Crippen LogP contribution in [-0.4, -0.2) is 48.6 Å². The van der Waals surface area contributed by atoms with Gasteiger partial charge >= 0.3 is 43.4 Å². The van der Waals surface area contributed by atoms with Crippen LogP contribution < -0.4 is 5.63 Å². The number of benzene rings is 2. The molecule has 0 saturated heterocycles. The number of Topliss-reactive ketones (excluding diaryl/α,β-unsaturated/α-hetero) is 1. The molecular weight excluding hydrogens is 332 g/mol.